The highest BCUT2D eigenvalue weighted by molar-refractivity contribution is 7.09. The number of amides is 1. The van der Waals surface area contributed by atoms with Crippen molar-refractivity contribution in [3.63, 3.8) is 0 Å². The van der Waals surface area contributed by atoms with E-state index in [0.29, 0.717) is 0 Å². The first-order valence-corrected chi connectivity index (χ1v) is 11.1. The summed E-state index contributed by atoms with van der Waals surface area (Å²) < 4.78 is 0. The van der Waals surface area contributed by atoms with Gasteiger partial charge >= 0.3 is 0 Å². The second-order valence-corrected chi connectivity index (χ2v) is 8.16. The minimum absolute atomic E-state index is 0.0970. The lowest BCUT2D eigenvalue weighted by atomic mass is 10.2. The molecule has 156 valence electrons. The summed E-state index contributed by atoms with van der Waals surface area (Å²) >= 11 is 1.77. The van der Waals surface area contributed by atoms with E-state index < -0.39 is 0 Å². The molecular formula is C22H31N5OS. The van der Waals surface area contributed by atoms with E-state index in [2.05, 4.69) is 61.9 Å². The third kappa shape index (κ3) is 6.22. The number of likely N-dealkylation sites (N-methyl/N-ethyl adjacent to an activating group) is 1. The summed E-state index contributed by atoms with van der Waals surface area (Å²) in [7, 11) is 2.03. The Morgan fingerprint density at radius 3 is 2.55 bits per heavy atom. The van der Waals surface area contributed by atoms with Gasteiger partial charge in [0.15, 0.2) is 5.96 Å². The highest BCUT2D eigenvalue weighted by Crippen LogP contribution is 2.15. The number of hydrogen-bond donors (Lipinski definition) is 1. The van der Waals surface area contributed by atoms with Gasteiger partial charge in [-0.05, 0) is 36.9 Å². The number of rotatable bonds is 7. The van der Waals surface area contributed by atoms with Gasteiger partial charge in [0.2, 0.25) is 5.91 Å². The van der Waals surface area contributed by atoms with Crippen LogP contribution in [0.4, 0.5) is 5.69 Å². The summed E-state index contributed by atoms with van der Waals surface area (Å²) in [5.74, 6) is 0.889. The van der Waals surface area contributed by atoms with Gasteiger partial charge in [-0.2, -0.15) is 0 Å². The van der Waals surface area contributed by atoms with Gasteiger partial charge in [0, 0.05) is 56.9 Å². The molecule has 1 fully saturated rings. The molecule has 0 atom stereocenters. The smallest absolute Gasteiger partial charge is 0.244 e. The van der Waals surface area contributed by atoms with E-state index in [0.717, 1.165) is 51.6 Å². The Labute approximate surface area is 177 Å². The van der Waals surface area contributed by atoms with E-state index in [-0.39, 0.29) is 12.5 Å². The van der Waals surface area contributed by atoms with E-state index in [1.54, 1.807) is 11.3 Å². The second kappa shape index (κ2) is 10.9. The van der Waals surface area contributed by atoms with Crippen LogP contribution in [0.25, 0.3) is 0 Å². The molecule has 2 heterocycles. The number of guanidine groups is 1. The predicted octanol–water partition coefficient (Wildman–Crippen LogP) is 2.54. The fourth-order valence-electron chi connectivity index (χ4n) is 3.40. The molecule has 0 spiro atoms. The van der Waals surface area contributed by atoms with Crippen LogP contribution in [0, 0.1) is 0 Å². The summed E-state index contributed by atoms with van der Waals surface area (Å²) in [5, 5.41) is 5.40. The molecule has 1 aliphatic rings. The molecule has 2 aromatic rings. The Morgan fingerprint density at radius 1 is 1.14 bits per heavy atom. The largest absolute Gasteiger partial charge is 0.368 e. The lowest BCUT2D eigenvalue weighted by Gasteiger charge is -2.36. The van der Waals surface area contributed by atoms with Crippen molar-refractivity contribution in [3.8, 4) is 0 Å². The summed E-state index contributed by atoms with van der Waals surface area (Å²) in [4.78, 5) is 25.0. The Morgan fingerprint density at radius 2 is 1.90 bits per heavy atom. The number of carbonyl (C=O) groups is 1. The topological polar surface area (TPSA) is 51.2 Å². The van der Waals surface area contributed by atoms with Crippen molar-refractivity contribution in [1.29, 1.82) is 0 Å². The number of benzene rings is 1. The van der Waals surface area contributed by atoms with Crippen LogP contribution >= 0.6 is 11.3 Å². The number of para-hydroxylation sites is 1. The number of hydrogen-bond acceptors (Lipinski definition) is 4. The molecule has 0 radical (unpaired) electrons. The normalized spacial score (nSPS) is 14.8. The highest BCUT2D eigenvalue weighted by Gasteiger charge is 2.21. The Hall–Kier alpha value is -2.54. The maximum absolute atomic E-state index is 12.7. The molecule has 1 aromatic carbocycles. The molecule has 29 heavy (non-hydrogen) atoms. The van der Waals surface area contributed by atoms with Crippen LogP contribution in [-0.2, 0) is 11.2 Å². The first-order chi connectivity index (χ1) is 14.2. The first-order valence-electron chi connectivity index (χ1n) is 10.3. The molecule has 7 heteroatoms. The van der Waals surface area contributed by atoms with E-state index in [1.165, 1.54) is 10.6 Å². The molecule has 1 saturated heterocycles. The average molecular weight is 414 g/mol. The van der Waals surface area contributed by atoms with Gasteiger partial charge in [-0.25, -0.2) is 4.99 Å². The molecule has 1 aromatic heterocycles. The number of nitrogens with zero attached hydrogens (tertiary/aromatic N) is 4. The van der Waals surface area contributed by atoms with Gasteiger partial charge < -0.3 is 20.0 Å². The third-order valence-electron chi connectivity index (χ3n) is 5.09. The molecule has 1 aliphatic heterocycles. The van der Waals surface area contributed by atoms with Gasteiger partial charge in [0.1, 0.15) is 6.54 Å². The van der Waals surface area contributed by atoms with Crippen LogP contribution in [0.5, 0.6) is 0 Å². The molecule has 0 aliphatic carbocycles. The lowest BCUT2D eigenvalue weighted by molar-refractivity contribution is -0.129. The Bertz CT molecular complexity index is 770. The number of nitrogens with one attached hydrogen (secondary N) is 1. The van der Waals surface area contributed by atoms with E-state index in [1.807, 2.05) is 24.9 Å². The van der Waals surface area contributed by atoms with Gasteiger partial charge in [0.25, 0.3) is 0 Å². The van der Waals surface area contributed by atoms with Crippen molar-refractivity contribution in [2.24, 2.45) is 4.99 Å². The number of aliphatic imine (C=N–C) groups is 1. The second-order valence-electron chi connectivity index (χ2n) is 7.12. The molecule has 0 saturated carbocycles. The summed E-state index contributed by atoms with van der Waals surface area (Å²) in [6.45, 7) is 7.11. The minimum atomic E-state index is 0.0970. The van der Waals surface area contributed by atoms with Crippen LogP contribution in [0.3, 0.4) is 0 Å². The van der Waals surface area contributed by atoms with Gasteiger partial charge in [-0.15, -0.1) is 11.3 Å². The van der Waals surface area contributed by atoms with Gasteiger partial charge in [-0.3, -0.25) is 4.79 Å². The van der Waals surface area contributed by atoms with Crippen LogP contribution < -0.4 is 10.2 Å². The SMILES string of the molecule is CCNC(=NCC(=O)N1CCN(c2ccccc2)CC1)N(C)CCc1cccs1. The zero-order valence-electron chi connectivity index (χ0n) is 17.4. The quantitative estimate of drug-likeness (QED) is 0.560. The van der Waals surface area contributed by atoms with Crippen LogP contribution in [0.2, 0.25) is 0 Å². The van der Waals surface area contributed by atoms with Crippen molar-refractivity contribution in [1.82, 2.24) is 15.1 Å². The molecule has 1 amide bonds. The van der Waals surface area contributed by atoms with Gasteiger partial charge in [0.05, 0.1) is 0 Å². The zero-order valence-corrected chi connectivity index (χ0v) is 18.2. The zero-order chi connectivity index (χ0) is 20.5. The minimum Gasteiger partial charge on any atom is -0.368 e. The maximum Gasteiger partial charge on any atom is 0.244 e. The number of thiophene rings is 1. The van der Waals surface area contributed by atoms with Crippen molar-refractivity contribution >= 4 is 28.9 Å². The van der Waals surface area contributed by atoms with Crippen molar-refractivity contribution < 1.29 is 4.79 Å². The van der Waals surface area contributed by atoms with E-state index in [4.69, 9.17) is 0 Å². The number of carbonyl (C=O) groups excluding carboxylic acids is 1. The standard InChI is InChI=1S/C22H31N5OS/c1-3-23-22(25(2)12-11-20-10-7-17-29-20)24-18-21(28)27-15-13-26(14-16-27)19-8-5-4-6-9-19/h4-10,17H,3,11-16,18H2,1-2H3,(H,23,24). The van der Waals surface area contributed by atoms with Crippen molar-refractivity contribution in [3.05, 3.63) is 52.7 Å². The summed E-state index contributed by atoms with van der Waals surface area (Å²) in [6, 6.07) is 14.6. The van der Waals surface area contributed by atoms with Crippen molar-refractivity contribution in [2.75, 3.05) is 57.8 Å². The molecular weight excluding hydrogens is 382 g/mol. The molecule has 0 unspecified atom stereocenters. The fourth-order valence-corrected chi connectivity index (χ4v) is 4.10. The average Bonchev–Trinajstić information content (AvgIpc) is 3.29. The highest BCUT2D eigenvalue weighted by atomic mass is 32.1. The third-order valence-corrected chi connectivity index (χ3v) is 6.02. The lowest BCUT2D eigenvalue weighted by Crippen LogP contribution is -2.49. The van der Waals surface area contributed by atoms with Crippen molar-refractivity contribution in [2.45, 2.75) is 13.3 Å². The Kier molecular flexibility index (Phi) is 7.93. The first kappa shape index (κ1) is 21.2. The van der Waals surface area contributed by atoms with Gasteiger partial charge in [-0.1, -0.05) is 24.3 Å². The maximum atomic E-state index is 12.7. The summed E-state index contributed by atoms with van der Waals surface area (Å²) in [6.07, 6.45) is 0.980. The molecule has 0 bridgehead atoms. The number of anilines is 1. The van der Waals surface area contributed by atoms with Crippen LogP contribution in [0.15, 0.2) is 52.8 Å². The monoisotopic (exact) mass is 413 g/mol. The van der Waals surface area contributed by atoms with E-state index in [9.17, 15) is 4.79 Å². The fraction of sp³-hybridized carbons (Fsp3) is 0.455. The molecule has 6 nitrogen and oxygen atoms in total. The van der Waals surface area contributed by atoms with Crippen LogP contribution in [0.1, 0.15) is 11.8 Å². The number of piperazine rings is 1. The van der Waals surface area contributed by atoms with Crippen LogP contribution in [-0.4, -0.2) is 74.5 Å². The van der Waals surface area contributed by atoms with E-state index >= 15 is 0 Å². The summed E-state index contributed by atoms with van der Waals surface area (Å²) in [5.41, 5.74) is 1.22. The predicted molar refractivity (Wildman–Crippen MR) is 122 cm³/mol. The Balaban J connectivity index is 1.49. The molecule has 3 rings (SSSR count). The molecule has 1 N–H and O–H groups in total.